The van der Waals surface area contributed by atoms with Crippen LogP contribution in [0.5, 0.6) is 0 Å². The smallest absolute Gasteiger partial charge is 0.407 e. The summed E-state index contributed by atoms with van der Waals surface area (Å²) in [6.45, 7) is 1.26. The third-order valence-electron chi connectivity index (χ3n) is 8.80. The molecule has 1 unspecified atom stereocenters. The third-order valence-corrected chi connectivity index (χ3v) is 8.80. The van der Waals surface area contributed by atoms with Crippen molar-refractivity contribution in [2.45, 2.75) is 38.0 Å². The Morgan fingerprint density at radius 3 is 2.11 bits per heavy atom. The molecule has 35 heavy (non-hydrogen) atoms. The number of alkyl carbamates (subject to hydrolysis) is 1. The summed E-state index contributed by atoms with van der Waals surface area (Å²) in [6.07, 6.45) is 3.57. The lowest BCUT2D eigenvalue weighted by Crippen LogP contribution is -2.53. The molecule has 2 amide bonds. The van der Waals surface area contributed by atoms with E-state index in [1.165, 1.54) is 11.1 Å². The fourth-order valence-electron chi connectivity index (χ4n) is 6.43. The first kappa shape index (κ1) is 22.1. The molecule has 1 atom stereocenters. The molecule has 4 aliphatic rings. The number of ether oxygens (including phenoxy) is 1. The minimum Gasteiger partial charge on any atom is -0.481 e. The Morgan fingerprint density at radius 2 is 1.60 bits per heavy atom. The summed E-state index contributed by atoms with van der Waals surface area (Å²) in [4.78, 5) is 39.5. The molecule has 6 rings (SSSR count). The molecule has 182 valence electrons. The SMILES string of the molecule is O=C(NCC1(C(=O)N2CC(C(=O)O)C3(CC3)C2)CCC1)OCC1c2ccccc2-c2ccccc21. The lowest BCUT2D eigenvalue weighted by atomic mass is 9.67. The van der Waals surface area contributed by atoms with Gasteiger partial charge in [-0.25, -0.2) is 4.79 Å². The number of nitrogens with one attached hydrogen (secondary N) is 1. The quantitative estimate of drug-likeness (QED) is 0.659. The average Bonchev–Trinajstić information content (AvgIpc) is 3.38. The number of hydrogen-bond acceptors (Lipinski definition) is 4. The number of nitrogens with zero attached hydrogens (tertiary/aromatic N) is 1. The van der Waals surface area contributed by atoms with Crippen LogP contribution in [0.3, 0.4) is 0 Å². The first-order chi connectivity index (χ1) is 16.9. The molecular formula is C28H30N2O5. The topological polar surface area (TPSA) is 95.9 Å². The van der Waals surface area contributed by atoms with Gasteiger partial charge in [-0.2, -0.15) is 0 Å². The summed E-state index contributed by atoms with van der Waals surface area (Å²) in [5.74, 6) is -1.31. The predicted molar refractivity (Wildman–Crippen MR) is 129 cm³/mol. The van der Waals surface area contributed by atoms with Crippen LogP contribution < -0.4 is 5.32 Å². The number of carboxylic acids is 1. The lowest BCUT2D eigenvalue weighted by Gasteiger charge is -2.42. The zero-order chi connectivity index (χ0) is 24.2. The Hall–Kier alpha value is -3.35. The van der Waals surface area contributed by atoms with Crippen LogP contribution in [0, 0.1) is 16.7 Å². The van der Waals surface area contributed by atoms with Crippen LogP contribution in [0.4, 0.5) is 4.79 Å². The number of carboxylic acid groups (broad SMARTS) is 1. The fraction of sp³-hybridized carbons (Fsp3) is 0.464. The molecule has 0 bridgehead atoms. The monoisotopic (exact) mass is 474 g/mol. The Morgan fingerprint density at radius 1 is 0.971 bits per heavy atom. The fourth-order valence-corrected chi connectivity index (χ4v) is 6.43. The van der Waals surface area contributed by atoms with E-state index in [2.05, 4.69) is 29.6 Å². The van der Waals surface area contributed by atoms with Crippen molar-refractivity contribution in [1.29, 1.82) is 0 Å². The third kappa shape index (κ3) is 3.60. The second kappa shape index (κ2) is 8.11. The first-order valence-electron chi connectivity index (χ1n) is 12.5. The van der Waals surface area contributed by atoms with Crippen molar-refractivity contribution in [3.8, 4) is 11.1 Å². The largest absolute Gasteiger partial charge is 0.481 e. The number of hydrogen-bond donors (Lipinski definition) is 2. The van der Waals surface area contributed by atoms with E-state index in [-0.39, 0.29) is 36.9 Å². The maximum absolute atomic E-state index is 13.4. The van der Waals surface area contributed by atoms with Gasteiger partial charge in [-0.1, -0.05) is 55.0 Å². The van der Waals surface area contributed by atoms with E-state index in [1.807, 2.05) is 24.3 Å². The van der Waals surface area contributed by atoms with Gasteiger partial charge in [0.05, 0.1) is 11.3 Å². The second-order valence-corrected chi connectivity index (χ2v) is 10.8. The van der Waals surface area contributed by atoms with E-state index in [0.29, 0.717) is 19.4 Å². The van der Waals surface area contributed by atoms with E-state index in [0.717, 1.165) is 30.4 Å². The van der Waals surface area contributed by atoms with Crippen LogP contribution in [0.1, 0.15) is 49.1 Å². The molecule has 3 aliphatic carbocycles. The molecule has 1 aliphatic heterocycles. The lowest BCUT2D eigenvalue weighted by molar-refractivity contribution is -0.146. The molecule has 1 spiro atoms. The van der Waals surface area contributed by atoms with Crippen molar-refractivity contribution in [3.05, 3.63) is 59.7 Å². The standard InChI is InChI=1S/C28H30N2O5/c31-24(32)23-14-30(17-28(23)12-13-28)25(33)27(10-5-11-27)16-29-26(34)35-15-22-20-8-3-1-6-18(20)19-7-2-4-9-21(19)22/h1-4,6-9,22-23H,5,10-17H2,(H,29,34)(H,31,32). The highest BCUT2D eigenvalue weighted by Gasteiger charge is 2.60. The summed E-state index contributed by atoms with van der Waals surface area (Å²) < 4.78 is 5.65. The molecule has 1 heterocycles. The summed E-state index contributed by atoms with van der Waals surface area (Å²) >= 11 is 0. The summed E-state index contributed by atoms with van der Waals surface area (Å²) in [5, 5.41) is 12.4. The number of likely N-dealkylation sites (tertiary alicyclic amines) is 1. The van der Waals surface area contributed by atoms with Gasteiger partial charge < -0.3 is 20.1 Å². The first-order valence-corrected chi connectivity index (χ1v) is 12.5. The zero-order valence-electron chi connectivity index (χ0n) is 19.7. The van der Waals surface area contributed by atoms with Crippen molar-refractivity contribution in [1.82, 2.24) is 10.2 Å². The van der Waals surface area contributed by atoms with Crippen LogP contribution in [0.2, 0.25) is 0 Å². The highest BCUT2D eigenvalue weighted by Crippen LogP contribution is 2.57. The van der Waals surface area contributed by atoms with Crippen molar-refractivity contribution in [3.63, 3.8) is 0 Å². The van der Waals surface area contributed by atoms with Gasteiger partial charge in [-0.3, -0.25) is 9.59 Å². The van der Waals surface area contributed by atoms with E-state index >= 15 is 0 Å². The van der Waals surface area contributed by atoms with Crippen LogP contribution in [-0.2, 0) is 14.3 Å². The number of benzene rings is 2. The van der Waals surface area contributed by atoms with Gasteiger partial charge in [0.1, 0.15) is 6.61 Å². The van der Waals surface area contributed by atoms with E-state index in [9.17, 15) is 19.5 Å². The second-order valence-electron chi connectivity index (χ2n) is 10.8. The van der Waals surface area contributed by atoms with Gasteiger partial charge in [0.25, 0.3) is 0 Å². The van der Waals surface area contributed by atoms with Crippen LogP contribution >= 0.6 is 0 Å². The predicted octanol–water partition coefficient (Wildman–Crippen LogP) is 4.02. The Labute approximate surface area is 204 Å². The van der Waals surface area contributed by atoms with Crippen LogP contribution in [0.25, 0.3) is 11.1 Å². The minimum absolute atomic E-state index is 0.0141. The number of rotatable bonds is 6. The highest BCUT2D eigenvalue weighted by atomic mass is 16.5. The summed E-state index contributed by atoms with van der Waals surface area (Å²) in [5.41, 5.74) is 3.79. The van der Waals surface area contributed by atoms with Crippen molar-refractivity contribution in [2.75, 3.05) is 26.2 Å². The maximum atomic E-state index is 13.4. The van der Waals surface area contributed by atoms with Gasteiger partial charge in [0.15, 0.2) is 0 Å². The minimum atomic E-state index is -0.808. The van der Waals surface area contributed by atoms with Crippen LogP contribution in [0.15, 0.2) is 48.5 Å². The Bertz CT molecular complexity index is 1150. The van der Waals surface area contributed by atoms with Crippen molar-refractivity contribution < 1.29 is 24.2 Å². The van der Waals surface area contributed by atoms with Crippen molar-refractivity contribution in [2.24, 2.45) is 16.7 Å². The molecule has 3 fully saturated rings. The molecule has 2 N–H and O–H groups in total. The molecule has 2 saturated carbocycles. The number of carbonyl (C=O) groups excluding carboxylic acids is 2. The van der Waals surface area contributed by atoms with Crippen molar-refractivity contribution >= 4 is 18.0 Å². The number of aliphatic carboxylic acids is 1. The van der Waals surface area contributed by atoms with Gasteiger partial charge in [-0.05, 0) is 47.9 Å². The van der Waals surface area contributed by atoms with E-state index in [1.54, 1.807) is 4.90 Å². The molecule has 2 aromatic carbocycles. The summed E-state index contributed by atoms with van der Waals surface area (Å²) in [6, 6.07) is 16.4. The average molecular weight is 475 g/mol. The van der Waals surface area contributed by atoms with Gasteiger partial charge >= 0.3 is 12.1 Å². The molecule has 2 aromatic rings. The normalized spacial score (nSPS) is 22.7. The van der Waals surface area contributed by atoms with Gasteiger partial charge in [-0.15, -0.1) is 0 Å². The molecule has 0 radical (unpaired) electrons. The highest BCUT2D eigenvalue weighted by molar-refractivity contribution is 5.86. The van der Waals surface area contributed by atoms with E-state index < -0.39 is 23.4 Å². The Kier molecular flexibility index (Phi) is 5.13. The number of fused-ring (bicyclic) bond motifs is 3. The molecule has 7 nitrogen and oxygen atoms in total. The van der Waals surface area contributed by atoms with Gasteiger partial charge in [0.2, 0.25) is 5.91 Å². The van der Waals surface area contributed by atoms with Gasteiger partial charge in [0, 0.05) is 31.0 Å². The molecule has 0 aromatic heterocycles. The van der Waals surface area contributed by atoms with Crippen LogP contribution in [-0.4, -0.2) is 54.2 Å². The number of amides is 2. The molecule has 7 heteroatoms. The Balaban J connectivity index is 1.08. The van der Waals surface area contributed by atoms with E-state index in [4.69, 9.17) is 4.74 Å². The molecule has 1 saturated heterocycles. The summed E-state index contributed by atoms with van der Waals surface area (Å²) in [7, 11) is 0. The molecular weight excluding hydrogens is 444 g/mol. The number of carbonyl (C=O) groups is 3. The zero-order valence-corrected chi connectivity index (χ0v) is 19.7. The maximum Gasteiger partial charge on any atom is 0.407 e.